The molecule has 1 saturated heterocycles. The third-order valence-corrected chi connectivity index (χ3v) is 4.07. The summed E-state index contributed by atoms with van der Waals surface area (Å²) in [6, 6.07) is 6.57. The lowest BCUT2D eigenvalue weighted by Crippen LogP contribution is -2.49. The number of halogens is 1. The topological polar surface area (TPSA) is 75.6 Å². The molecule has 2 N–H and O–H groups in total. The standard InChI is InChI=1S/C13H14INO4/c1-13(12(17)18)7-19-6-10(13)15-11(16)8-2-4-9(14)5-3-8/h2-5,10H,6-7H2,1H3,(H,15,16)(H,17,18). The van der Waals surface area contributed by atoms with Crippen LogP contribution in [-0.4, -0.2) is 36.2 Å². The van der Waals surface area contributed by atoms with Gasteiger partial charge in [0.15, 0.2) is 0 Å². The van der Waals surface area contributed by atoms with Gasteiger partial charge in [0.25, 0.3) is 5.91 Å². The highest BCUT2D eigenvalue weighted by atomic mass is 127. The van der Waals surface area contributed by atoms with Crippen molar-refractivity contribution >= 4 is 34.5 Å². The van der Waals surface area contributed by atoms with Crippen molar-refractivity contribution in [1.29, 1.82) is 0 Å². The number of carboxylic acid groups (broad SMARTS) is 1. The van der Waals surface area contributed by atoms with Crippen LogP contribution in [0.25, 0.3) is 0 Å². The number of ether oxygens (including phenoxy) is 1. The van der Waals surface area contributed by atoms with E-state index in [1.54, 1.807) is 19.1 Å². The molecule has 1 aliphatic heterocycles. The number of hydrogen-bond acceptors (Lipinski definition) is 3. The van der Waals surface area contributed by atoms with Gasteiger partial charge in [-0.2, -0.15) is 0 Å². The largest absolute Gasteiger partial charge is 0.481 e. The van der Waals surface area contributed by atoms with Crippen molar-refractivity contribution in [2.45, 2.75) is 13.0 Å². The summed E-state index contributed by atoms with van der Waals surface area (Å²) >= 11 is 2.15. The molecule has 0 saturated carbocycles. The van der Waals surface area contributed by atoms with Crippen molar-refractivity contribution in [3.05, 3.63) is 33.4 Å². The Balaban J connectivity index is 2.10. The summed E-state index contributed by atoms with van der Waals surface area (Å²) in [7, 11) is 0. The quantitative estimate of drug-likeness (QED) is 0.786. The molecular formula is C13H14INO4. The maximum absolute atomic E-state index is 12.1. The average molecular weight is 375 g/mol. The minimum absolute atomic E-state index is 0.111. The Kier molecular flexibility index (Phi) is 4.10. The van der Waals surface area contributed by atoms with Crippen LogP contribution in [0.3, 0.4) is 0 Å². The van der Waals surface area contributed by atoms with Gasteiger partial charge in [0, 0.05) is 9.13 Å². The Morgan fingerprint density at radius 1 is 1.42 bits per heavy atom. The molecule has 2 rings (SSSR count). The van der Waals surface area contributed by atoms with E-state index in [0.29, 0.717) is 5.56 Å². The van der Waals surface area contributed by atoms with E-state index in [-0.39, 0.29) is 19.1 Å². The van der Waals surface area contributed by atoms with Crippen LogP contribution in [0.1, 0.15) is 17.3 Å². The zero-order chi connectivity index (χ0) is 14.0. The fraction of sp³-hybridized carbons (Fsp3) is 0.385. The average Bonchev–Trinajstić information content (AvgIpc) is 2.73. The Bertz CT molecular complexity index is 502. The molecule has 5 nitrogen and oxygen atoms in total. The van der Waals surface area contributed by atoms with E-state index in [0.717, 1.165) is 3.57 Å². The van der Waals surface area contributed by atoms with Crippen LogP contribution in [0.15, 0.2) is 24.3 Å². The summed E-state index contributed by atoms with van der Waals surface area (Å²) in [5.74, 6) is -1.24. The fourth-order valence-corrected chi connectivity index (χ4v) is 2.29. The molecule has 2 unspecified atom stereocenters. The van der Waals surface area contributed by atoms with Gasteiger partial charge in [0.05, 0.1) is 19.3 Å². The molecule has 1 aromatic carbocycles. The van der Waals surface area contributed by atoms with E-state index in [4.69, 9.17) is 4.74 Å². The monoisotopic (exact) mass is 375 g/mol. The molecule has 0 aliphatic carbocycles. The molecule has 102 valence electrons. The van der Waals surface area contributed by atoms with E-state index in [2.05, 4.69) is 27.9 Å². The van der Waals surface area contributed by atoms with Crippen LogP contribution in [0, 0.1) is 8.99 Å². The van der Waals surface area contributed by atoms with E-state index in [1.165, 1.54) is 0 Å². The first-order chi connectivity index (χ1) is 8.93. The van der Waals surface area contributed by atoms with Crippen LogP contribution in [0.2, 0.25) is 0 Å². The third kappa shape index (κ3) is 2.89. The van der Waals surface area contributed by atoms with Gasteiger partial charge in [-0.1, -0.05) is 0 Å². The van der Waals surface area contributed by atoms with Crippen molar-refractivity contribution in [1.82, 2.24) is 5.32 Å². The highest BCUT2D eigenvalue weighted by Gasteiger charge is 2.47. The number of hydrogen-bond donors (Lipinski definition) is 2. The van der Waals surface area contributed by atoms with E-state index in [1.807, 2.05) is 12.1 Å². The van der Waals surface area contributed by atoms with Crippen molar-refractivity contribution in [3.63, 3.8) is 0 Å². The van der Waals surface area contributed by atoms with E-state index in [9.17, 15) is 14.7 Å². The van der Waals surface area contributed by atoms with Crippen molar-refractivity contribution in [3.8, 4) is 0 Å². The molecule has 6 heteroatoms. The van der Waals surface area contributed by atoms with Crippen LogP contribution < -0.4 is 5.32 Å². The van der Waals surface area contributed by atoms with Crippen LogP contribution in [0.5, 0.6) is 0 Å². The normalized spacial score (nSPS) is 26.1. The van der Waals surface area contributed by atoms with Crippen LogP contribution >= 0.6 is 22.6 Å². The third-order valence-electron chi connectivity index (χ3n) is 3.36. The number of amides is 1. The Morgan fingerprint density at radius 2 is 2.05 bits per heavy atom. The lowest BCUT2D eigenvalue weighted by Gasteiger charge is -2.25. The maximum Gasteiger partial charge on any atom is 0.313 e. The number of carboxylic acids is 1. The van der Waals surface area contributed by atoms with Crippen LogP contribution in [-0.2, 0) is 9.53 Å². The molecule has 19 heavy (non-hydrogen) atoms. The molecular weight excluding hydrogens is 361 g/mol. The van der Waals surface area contributed by atoms with E-state index >= 15 is 0 Å². The van der Waals surface area contributed by atoms with Crippen molar-refractivity contribution < 1.29 is 19.4 Å². The molecule has 0 aromatic heterocycles. The second-order valence-corrected chi connectivity index (χ2v) is 6.02. The van der Waals surface area contributed by atoms with E-state index < -0.39 is 17.4 Å². The van der Waals surface area contributed by atoms with Gasteiger partial charge < -0.3 is 15.2 Å². The van der Waals surface area contributed by atoms with Gasteiger partial charge in [-0.15, -0.1) is 0 Å². The first-order valence-electron chi connectivity index (χ1n) is 5.81. The number of carbonyl (C=O) groups excluding carboxylic acids is 1. The molecule has 1 aliphatic rings. The van der Waals surface area contributed by atoms with Crippen molar-refractivity contribution in [2.75, 3.05) is 13.2 Å². The summed E-state index contributed by atoms with van der Waals surface area (Å²) < 4.78 is 6.23. The number of carbonyl (C=O) groups is 2. The Morgan fingerprint density at radius 3 is 2.63 bits per heavy atom. The van der Waals surface area contributed by atoms with Gasteiger partial charge in [0.1, 0.15) is 5.41 Å². The van der Waals surface area contributed by atoms with Gasteiger partial charge in [-0.25, -0.2) is 0 Å². The first kappa shape index (κ1) is 14.3. The van der Waals surface area contributed by atoms with Gasteiger partial charge in [-0.05, 0) is 53.8 Å². The highest BCUT2D eigenvalue weighted by molar-refractivity contribution is 14.1. The van der Waals surface area contributed by atoms with Gasteiger partial charge in [-0.3, -0.25) is 9.59 Å². The smallest absolute Gasteiger partial charge is 0.313 e. The lowest BCUT2D eigenvalue weighted by molar-refractivity contribution is -0.148. The number of nitrogens with one attached hydrogen (secondary N) is 1. The molecule has 2 atom stereocenters. The molecule has 1 aromatic rings. The predicted molar refractivity (Wildman–Crippen MR) is 77.0 cm³/mol. The second kappa shape index (κ2) is 5.46. The molecule has 0 bridgehead atoms. The maximum atomic E-state index is 12.1. The zero-order valence-corrected chi connectivity index (χ0v) is 12.5. The summed E-state index contributed by atoms with van der Waals surface area (Å²) in [6.07, 6.45) is 0. The molecule has 1 heterocycles. The minimum Gasteiger partial charge on any atom is -0.481 e. The Labute approximate surface area is 124 Å². The zero-order valence-electron chi connectivity index (χ0n) is 10.4. The Hall–Kier alpha value is -1.15. The molecule has 1 amide bonds. The number of aliphatic carboxylic acids is 1. The summed E-state index contributed by atoms with van der Waals surface area (Å²) in [6.45, 7) is 1.92. The first-order valence-corrected chi connectivity index (χ1v) is 6.89. The van der Waals surface area contributed by atoms with Crippen molar-refractivity contribution in [2.24, 2.45) is 5.41 Å². The van der Waals surface area contributed by atoms with Crippen LogP contribution in [0.4, 0.5) is 0 Å². The number of benzene rings is 1. The second-order valence-electron chi connectivity index (χ2n) is 4.77. The van der Waals surface area contributed by atoms with Gasteiger partial charge in [0.2, 0.25) is 0 Å². The minimum atomic E-state index is -1.07. The fourth-order valence-electron chi connectivity index (χ4n) is 1.93. The predicted octanol–water partition coefficient (Wildman–Crippen LogP) is 1.51. The lowest BCUT2D eigenvalue weighted by atomic mass is 9.85. The molecule has 0 spiro atoms. The summed E-state index contributed by atoms with van der Waals surface area (Å²) in [5, 5.41) is 12.0. The molecule has 1 fully saturated rings. The summed E-state index contributed by atoms with van der Waals surface area (Å²) in [4.78, 5) is 23.3. The SMILES string of the molecule is CC1(C(=O)O)COCC1NC(=O)c1ccc(I)cc1. The highest BCUT2D eigenvalue weighted by Crippen LogP contribution is 2.28. The summed E-state index contributed by atoms with van der Waals surface area (Å²) in [5.41, 5.74) is -0.557. The molecule has 0 radical (unpaired) electrons. The number of rotatable bonds is 3. The van der Waals surface area contributed by atoms with Gasteiger partial charge >= 0.3 is 5.97 Å².